The summed E-state index contributed by atoms with van der Waals surface area (Å²) in [6, 6.07) is 11.5. The zero-order valence-corrected chi connectivity index (χ0v) is 28.2. The maximum Gasteiger partial charge on any atom is 0.408 e. The summed E-state index contributed by atoms with van der Waals surface area (Å²) in [7, 11) is 0. The van der Waals surface area contributed by atoms with E-state index in [2.05, 4.69) is 10.6 Å². The first-order valence-electron chi connectivity index (χ1n) is 15.3. The first-order valence-corrected chi connectivity index (χ1v) is 15.3. The van der Waals surface area contributed by atoms with Crippen molar-refractivity contribution < 1.29 is 28.7 Å². The number of nitrogens with zero attached hydrogens (tertiary/aromatic N) is 1. The van der Waals surface area contributed by atoms with Gasteiger partial charge < -0.3 is 25.0 Å². The van der Waals surface area contributed by atoms with Crippen LogP contribution in [0.4, 0.5) is 4.79 Å². The average molecular weight is 610 g/mol. The molecule has 0 saturated heterocycles. The highest BCUT2D eigenvalue weighted by atomic mass is 16.6. The molecule has 44 heavy (non-hydrogen) atoms. The lowest BCUT2D eigenvalue weighted by atomic mass is 9.94. The molecule has 9 heteroatoms. The van der Waals surface area contributed by atoms with E-state index in [0.29, 0.717) is 12.0 Å². The highest BCUT2D eigenvalue weighted by Gasteiger charge is 2.39. The molecule has 0 spiro atoms. The van der Waals surface area contributed by atoms with Crippen LogP contribution in [0.15, 0.2) is 48.5 Å². The van der Waals surface area contributed by atoms with Crippen molar-refractivity contribution in [3.8, 4) is 0 Å². The fraction of sp³-hybridized carbons (Fsp3) is 0.543. The highest BCUT2D eigenvalue weighted by Crippen LogP contribution is 2.29. The summed E-state index contributed by atoms with van der Waals surface area (Å²) in [6.45, 7) is 19.7. The summed E-state index contributed by atoms with van der Waals surface area (Å²) in [5.74, 6) is -1.56. The van der Waals surface area contributed by atoms with Crippen LogP contribution in [-0.4, -0.2) is 58.1 Å². The summed E-state index contributed by atoms with van der Waals surface area (Å²) >= 11 is 0. The Labute approximate surface area is 263 Å². The number of amides is 3. The van der Waals surface area contributed by atoms with Crippen LogP contribution >= 0.6 is 0 Å². The third kappa shape index (κ3) is 11.0. The average Bonchev–Trinajstić information content (AvgIpc) is 2.89. The van der Waals surface area contributed by atoms with Crippen molar-refractivity contribution in [2.24, 2.45) is 0 Å². The summed E-state index contributed by atoms with van der Waals surface area (Å²) in [5, 5.41) is 5.56. The van der Waals surface area contributed by atoms with Crippen LogP contribution in [-0.2, 0) is 30.3 Å². The van der Waals surface area contributed by atoms with E-state index in [1.54, 1.807) is 48.5 Å². The lowest BCUT2D eigenvalue weighted by Crippen LogP contribution is -2.56. The molecule has 2 rings (SSSR count). The molecule has 0 fully saturated rings. The number of carbonyl (C=O) groups excluding carboxylic acids is 4. The Morgan fingerprint density at radius 1 is 0.841 bits per heavy atom. The fourth-order valence-corrected chi connectivity index (χ4v) is 4.78. The number of rotatable bonds is 11. The van der Waals surface area contributed by atoms with Crippen LogP contribution in [0.1, 0.15) is 97.0 Å². The van der Waals surface area contributed by atoms with Gasteiger partial charge in [-0.1, -0.05) is 61.0 Å². The molecule has 0 bridgehead atoms. The highest BCUT2D eigenvalue weighted by molar-refractivity contribution is 5.94. The minimum Gasteiger partial charge on any atom is -0.458 e. The van der Waals surface area contributed by atoms with Gasteiger partial charge in [-0.25, -0.2) is 9.59 Å². The molecule has 0 heterocycles. The molecule has 0 aliphatic carbocycles. The van der Waals surface area contributed by atoms with E-state index in [9.17, 15) is 19.2 Å². The van der Waals surface area contributed by atoms with Gasteiger partial charge in [0.1, 0.15) is 29.3 Å². The second-order valence-electron chi connectivity index (χ2n) is 13.4. The Balaban J connectivity index is 2.59. The molecule has 9 nitrogen and oxygen atoms in total. The maximum absolute atomic E-state index is 14.4. The van der Waals surface area contributed by atoms with Crippen molar-refractivity contribution in [3.05, 3.63) is 70.8 Å². The van der Waals surface area contributed by atoms with E-state index >= 15 is 0 Å². The smallest absolute Gasteiger partial charge is 0.408 e. The third-order valence-corrected chi connectivity index (χ3v) is 6.96. The topological polar surface area (TPSA) is 114 Å². The van der Waals surface area contributed by atoms with Gasteiger partial charge >= 0.3 is 12.1 Å². The molecule has 2 N–H and O–H groups in total. The molecule has 0 aliphatic rings. The van der Waals surface area contributed by atoms with Crippen molar-refractivity contribution in [3.63, 3.8) is 0 Å². The zero-order chi connectivity index (χ0) is 33.4. The van der Waals surface area contributed by atoms with Crippen LogP contribution in [0.2, 0.25) is 0 Å². The van der Waals surface area contributed by atoms with Crippen LogP contribution in [0.25, 0.3) is 0 Å². The van der Waals surface area contributed by atoms with E-state index < -0.39 is 59.2 Å². The van der Waals surface area contributed by atoms with Gasteiger partial charge in [-0.05, 0) is 92.3 Å². The molecule has 3 amide bonds. The molecular weight excluding hydrogens is 558 g/mol. The van der Waals surface area contributed by atoms with E-state index in [-0.39, 0.29) is 6.42 Å². The first-order chi connectivity index (χ1) is 20.3. The van der Waals surface area contributed by atoms with E-state index in [0.717, 1.165) is 16.7 Å². The van der Waals surface area contributed by atoms with Gasteiger partial charge in [0.25, 0.3) is 0 Å². The molecule has 0 saturated carbocycles. The fourth-order valence-electron chi connectivity index (χ4n) is 4.78. The minimum absolute atomic E-state index is 0.203. The molecule has 0 aliphatic heterocycles. The minimum atomic E-state index is -1.10. The van der Waals surface area contributed by atoms with E-state index in [1.807, 2.05) is 76.2 Å². The standard InChI is InChI=1S/C35H51N3O6/c1-12-24(4)38(31(40)25(5)36-33(42)44-35(9,10)11)29(27-19-18-22(2)20-23(27)3)30(39)37-28(32(41)43-34(6,7)8)21-26-16-14-13-15-17-26/h13-20,24-25,28-29H,12,21H2,1-11H3,(H,36,42)(H,37,39). The van der Waals surface area contributed by atoms with Crippen LogP contribution in [0.3, 0.4) is 0 Å². The van der Waals surface area contributed by atoms with E-state index in [4.69, 9.17) is 9.47 Å². The zero-order valence-electron chi connectivity index (χ0n) is 28.2. The molecule has 242 valence electrons. The number of carbonyl (C=O) groups is 4. The monoisotopic (exact) mass is 609 g/mol. The predicted molar refractivity (Wildman–Crippen MR) is 172 cm³/mol. The van der Waals surface area contributed by atoms with Crippen LogP contribution < -0.4 is 10.6 Å². The molecule has 4 unspecified atom stereocenters. The van der Waals surface area contributed by atoms with Gasteiger partial charge in [0.05, 0.1) is 0 Å². The second kappa shape index (κ2) is 15.2. The van der Waals surface area contributed by atoms with Gasteiger partial charge in [-0.2, -0.15) is 0 Å². The van der Waals surface area contributed by atoms with Gasteiger partial charge in [0.2, 0.25) is 11.8 Å². The summed E-state index contributed by atoms with van der Waals surface area (Å²) < 4.78 is 11.1. The Hall–Kier alpha value is -3.88. The number of nitrogens with one attached hydrogen (secondary N) is 2. The predicted octanol–water partition coefficient (Wildman–Crippen LogP) is 5.95. The van der Waals surface area contributed by atoms with Gasteiger partial charge in [-0.3, -0.25) is 9.59 Å². The number of hydrogen-bond acceptors (Lipinski definition) is 6. The van der Waals surface area contributed by atoms with Gasteiger partial charge in [0.15, 0.2) is 0 Å². The SMILES string of the molecule is CCC(C)N(C(=O)C(C)NC(=O)OC(C)(C)C)C(C(=O)NC(Cc1ccccc1)C(=O)OC(C)(C)C)c1ccc(C)cc1C. The summed E-state index contributed by atoms with van der Waals surface area (Å²) in [4.78, 5) is 56.1. The van der Waals surface area contributed by atoms with Crippen LogP contribution in [0.5, 0.6) is 0 Å². The summed E-state index contributed by atoms with van der Waals surface area (Å²) in [6.07, 6.45) is 0.0106. The van der Waals surface area contributed by atoms with Crippen molar-refractivity contribution in [1.29, 1.82) is 0 Å². The molecule has 2 aromatic carbocycles. The van der Waals surface area contributed by atoms with Crippen LogP contribution in [0, 0.1) is 13.8 Å². The van der Waals surface area contributed by atoms with Crippen molar-refractivity contribution in [1.82, 2.24) is 15.5 Å². The molecule has 0 radical (unpaired) electrons. The number of esters is 1. The lowest BCUT2D eigenvalue weighted by Gasteiger charge is -2.38. The molecule has 2 aromatic rings. The number of benzene rings is 2. The van der Waals surface area contributed by atoms with Gasteiger partial charge in [-0.15, -0.1) is 0 Å². The quantitative estimate of drug-likeness (QED) is 0.304. The normalized spacial score (nSPS) is 14.4. The van der Waals surface area contributed by atoms with Gasteiger partial charge in [0, 0.05) is 12.5 Å². The maximum atomic E-state index is 14.4. The Morgan fingerprint density at radius 3 is 1.95 bits per heavy atom. The van der Waals surface area contributed by atoms with Crippen molar-refractivity contribution in [2.45, 2.75) is 124 Å². The lowest BCUT2D eigenvalue weighted by molar-refractivity contribution is -0.159. The Bertz CT molecular complexity index is 1300. The third-order valence-electron chi connectivity index (χ3n) is 6.96. The molecule has 4 atom stereocenters. The Morgan fingerprint density at radius 2 is 1.43 bits per heavy atom. The largest absolute Gasteiger partial charge is 0.458 e. The van der Waals surface area contributed by atoms with E-state index in [1.165, 1.54) is 4.90 Å². The molecule has 0 aromatic heterocycles. The number of hydrogen-bond donors (Lipinski definition) is 2. The second-order valence-corrected chi connectivity index (χ2v) is 13.4. The van der Waals surface area contributed by atoms with Crippen molar-refractivity contribution in [2.75, 3.05) is 0 Å². The Kier molecular flexibility index (Phi) is 12.6. The number of ether oxygens (including phenoxy) is 2. The molecular formula is C35H51N3O6. The number of alkyl carbamates (subject to hydrolysis) is 1. The number of aryl methyl sites for hydroxylation is 2. The summed E-state index contributed by atoms with van der Waals surface area (Å²) in [5.41, 5.74) is 1.76. The first kappa shape index (κ1) is 36.3. The van der Waals surface area contributed by atoms with Crippen molar-refractivity contribution >= 4 is 23.9 Å².